The first-order valence-corrected chi connectivity index (χ1v) is 27.2. The van der Waals surface area contributed by atoms with E-state index in [0.29, 0.717) is 62.1 Å². The van der Waals surface area contributed by atoms with Crippen LogP contribution in [0.1, 0.15) is 136 Å². The van der Waals surface area contributed by atoms with Gasteiger partial charge in [0.25, 0.3) is 5.91 Å². The first-order valence-electron chi connectivity index (χ1n) is 26.8. The molecule has 0 spiro atoms. The predicted octanol–water partition coefficient (Wildman–Crippen LogP) is 7.12. The summed E-state index contributed by atoms with van der Waals surface area (Å²) in [6.07, 6.45) is 18.0. The Bertz CT molecular complexity index is 2470. The molecular formula is C55H73ClN10O5. The zero-order chi connectivity index (χ0) is 48.9. The van der Waals surface area contributed by atoms with Crippen LogP contribution in [0.5, 0.6) is 0 Å². The maximum absolute atomic E-state index is 14.4. The highest BCUT2D eigenvalue weighted by Crippen LogP contribution is 2.36. The minimum Gasteiger partial charge on any atom is -0.375 e. The van der Waals surface area contributed by atoms with Gasteiger partial charge in [-0.05, 0) is 131 Å². The van der Waals surface area contributed by atoms with Crippen LogP contribution in [0.3, 0.4) is 0 Å². The standard InChI is InChI=1S/C55H73ClN10O5/c56-43-15-13-37(14-16-43)47(61-54(70)55(57)23-32-64(33-24-55)50-46-17-25-58-49(46)59-36-60-50)22-29-63-27-18-44(19-28-63)71-45-20-30-65(31-21-45)53(69)48(38-6-2-1-3-7-38)62-51(67)41-9-4-8-40(34-41)42-10-5-26-66(35-42)52(68)39-11-12-39/h4,8-9,13-17,25,34,36,38-39,42,44-45,47-48H,1-3,5-7,10-12,18-24,26-33,35,57H2,(H,61,70)(H,62,67)(H,58,59,60)/t42?,47-,48+/m0/s1. The van der Waals surface area contributed by atoms with Gasteiger partial charge in [0.2, 0.25) is 17.7 Å². The number of ether oxygens (including phenoxy) is 1. The second kappa shape index (κ2) is 22.4. The molecule has 4 saturated heterocycles. The summed E-state index contributed by atoms with van der Waals surface area (Å²) in [7, 11) is 0. The number of nitrogens with two attached hydrogens (primary N) is 1. The number of amides is 4. The van der Waals surface area contributed by atoms with Crippen molar-refractivity contribution in [2.75, 3.05) is 63.8 Å². The Kier molecular flexibility index (Phi) is 15.6. The Hall–Kier alpha value is -5.09. The molecule has 4 aliphatic heterocycles. The quantitative estimate of drug-likeness (QED) is 0.0958. The van der Waals surface area contributed by atoms with Gasteiger partial charge in [0, 0.05) is 87.5 Å². The van der Waals surface area contributed by atoms with Crippen molar-refractivity contribution < 1.29 is 23.9 Å². The van der Waals surface area contributed by atoms with Gasteiger partial charge < -0.3 is 45.7 Å². The SMILES string of the molecule is NC1(C(=O)N[C@@H](CCN2CCC(OC3CCN(C(=O)[C@H](NC(=O)c4cccc(C5CCCN(C(=O)C6CC6)C5)c4)C4CCCCC4)CC3)CC2)c2ccc(Cl)cc2)CCN(c2ncnc3[nH]ccc23)CC1. The van der Waals surface area contributed by atoms with E-state index in [1.54, 1.807) is 6.33 Å². The molecule has 1 unspecified atom stereocenters. The fraction of sp³-hybridized carbons (Fsp3) is 0.600. The molecule has 2 saturated carbocycles. The second-order valence-electron chi connectivity index (χ2n) is 21.5. The van der Waals surface area contributed by atoms with Crippen molar-refractivity contribution in [1.29, 1.82) is 0 Å². The van der Waals surface area contributed by atoms with Crippen LogP contribution in [0.15, 0.2) is 67.1 Å². The van der Waals surface area contributed by atoms with E-state index in [0.717, 1.165) is 138 Å². The number of anilines is 1. The number of halogens is 1. The van der Waals surface area contributed by atoms with Crippen LogP contribution in [-0.4, -0.2) is 136 Å². The van der Waals surface area contributed by atoms with Crippen molar-refractivity contribution in [3.8, 4) is 0 Å². The van der Waals surface area contributed by atoms with Gasteiger partial charge in [0.15, 0.2) is 0 Å². The number of fused-ring (bicyclic) bond motifs is 1. The molecule has 15 nitrogen and oxygen atoms in total. The fourth-order valence-electron chi connectivity index (χ4n) is 12.1. The summed E-state index contributed by atoms with van der Waals surface area (Å²) in [6, 6.07) is 16.8. The number of piperidine rings is 4. The van der Waals surface area contributed by atoms with Crippen molar-refractivity contribution >= 4 is 52.1 Å². The maximum Gasteiger partial charge on any atom is 0.251 e. The van der Waals surface area contributed by atoms with Crippen LogP contribution in [0.25, 0.3) is 11.0 Å². The number of rotatable bonds is 15. The average molecular weight is 990 g/mol. The van der Waals surface area contributed by atoms with Gasteiger partial charge in [0.1, 0.15) is 23.8 Å². The molecule has 71 heavy (non-hydrogen) atoms. The van der Waals surface area contributed by atoms with Gasteiger partial charge in [-0.25, -0.2) is 9.97 Å². The van der Waals surface area contributed by atoms with E-state index < -0.39 is 11.6 Å². The molecule has 3 atom stereocenters. The number of nitrogens with zero attached hydrogens (tertiary/aromatic N) is 6. The van der Waals surface area contributed by atoms with Gasteiger partial charge in [-0.15, -0.1) is 0 Å². The van der Waals surface area contributed by atoms with E-state index in [-0.39, 0.29) is 53.7 Å². The maximum atomic E-state index is 14.4. The third-order valence-electron chi connectivity index (χ3n) is 16.7. The van der Waals surface area contributed by atoms with Crippen molar-refractivity contribution in [2.24, 2.45) is 17.6 Å². The molecule has 16 heteroatoms. The summed E-state index contributed by atoms with van der Waals surface area (Å²) < 4.78 is 6.74. The fourth-order valence-corrected chi connectivity index (χ4v) is 12.2. The summed E-state index contributed by atoms with van der Waals surface area (Å²) in [6.45, 7) is 6.63. The number of carbonyl (C=O) groups is 4. The highest BCUT2D eigenvalue weighted by atomic mass is 35.5. The smallest absolute Gasteiger partial charge is 0.251 e. The van der Waals surface area contributed by atoms with Crippen molar-refractivity contribution in [3.63, 3.8) is 0 Å². The lowest BCUT2D eigenvalue weighted by Crippen LogP contribution is -2.60. The average Bonchev–Trinajstić information content (AvgIpc) is 4.15. The monoisotopic (exact) mass is 989 g/mol. The third-order valence-corrected chi connectivity index (χ3v) is 16.9. The van der Waals surface area contributed by atoms with E-state index in [1.807, 2.05) is 64.5 Å². The third kappa shape index (κ3) is 11.9. The number of aromatic amines is 1. The molecule has 2 aliphatic carbocycles. The van der Waals surface area contributed by atoms with Crippen LogP contribution in [-0.2, 0) is 19.1 Å². The minimum absolute atomic E-state index is 0.0341. The van der Waals surface area contributed by atoms with Crippen LogP contribution < -0.4 is 21.3 Å². The molecule has 5 N–H and O–H groups in total. The largest absolute Gasteiger partial charge is 0.375 e. The van der Waals surface area contributed by atoms with Gasteiger partial charge in [-0.3, -0.25) is 19.2 Å². The lowest BCUT2D eigenvalue weighted by molar-refractivity contribution is -0.139. The Morgan fingerprint density at radius 1 is 0.789 bits per heavy atom. The summed E-state index contributed by atoms with van der Waals surface area (Å²) in [5, 5.41) is 8.22. The van der Waals surface area contributed by atoms with Gasteiger partial charge in [-0.2, -0.15) is 0 Å². The summed E-state index contributed by atoms with van der Waals surface area (Å²) in [5.74, 6) is 1.40. The van der Waals surface area contributed by atoms with Gasteiger partial charge in [0.05, 0.1) is 29.2 Å². The predicted molar refractivity (Wildman–Crippen MR) is 275 cm³/mol. The Balaban J connectivity index is 0.687. The van der Waals surface area contributed by atoms with Crippen molar-refractivity contribution in [2.45, 2.75) is 138 Å². The minimum atomic E-state index is -0.998. The van der Waals surface area contributed by atoms with Crippen molar-refractivity contribution in [3.05, 3.63) is 88.8 Å². The van der Waals surface area contributed by atoms with Gasteiger partial charge in [-0.1, -0.05) is 55.1 Å². The molecule has 10 rings (SSSR count). The van der Waals surface area contributed by atoms with E-state index in [2.05, 4.69) is 41.5 Å². The Morgan fingerprint density at radius 3 is 2.25 bits per heavy atom. The molecular weight excluding hydrogens is 916 g/mol. The zero-order valence-corrected chi connectivity index (χ0v) is 42.0. The Labute approximate surface area is 423 Å². The molecule has 6 heterocycles. The number of H-pyrrole nitrogens is 1. The number of hydrogen-bond donors (Lipinski definition) is 4. The first-order chi connectivity index (χ1) is 34.6. The molecule has 380 valence electrons. The molecule has 6 aliphatic rings. The van der Waals surface area contributed by atoms with E-state index >= 15 is 0 Å². The summed E-state index contributed by atoms with van der Waals surface area (Å²) >= 11 is 6.30. The molecule has 2 aromatic carbocycles. The van der Waals surface area contributed by atoms with Crippen LogP contribution >= 0.6 is 11.6 Å². The lowest BCUT2D eigenvalue weighted by Gasteiger charge is -2.40. The highest BCUT2D eigenvalue weighted by Gasteiger charge is 2.41. The van der Waals surface area contributed by atoms with Crippen LogP contribution in [0, 0.1) is 11.8 Å². The molecule has 6 fully saturated rings. The number of benzene rings is 2. The van der Waals surface area contributed by atoms with Crippen LogP contribution in [0.4, 0.5) is 5.82 Å². The molecule has 0 bridgehead atoms. The summed E-state index contributed by atoms with van der Waals surface area (Å²) in [5.41, 5.74) is 9.37. The number of likely N-dealkylation sites (tertiary alicyclic amines) is 3. The van der Waals surface area contributed by atoms with E-state index in [1.165, 1.54) is 6.42 Å². The molecule has 0 radical (unpaired) electrons. The Morgan fingerprint density at radius 2 is 1.52 bits per heavy atom. The number of carbonyl (C=O) groups excluding carboxylic acids is 4. The first kappa shape index (κ1) is 49.5. The van der Waals surface area contributed by atoms with Crippen LogP contribution in [0.2, 0.25) is 5.02 Å². The van der Waals surface area contributed by atoms with E-state index in [9.17, 15) is 19.2 Å². The molecule has 2 aromatic heterocycles. The topological polar surface area (TPSA) is 182 Å². The highest BCUT2D eigenvalue weighted by molar-refractivity contribution is 6.30. The molecule has 4 aromatic rings. The second-order valence-corrected chi connectivity index (χ2v) is 22.0. The normalized spacial score (nSPS) is 22.8. The van der Waals surface area contributed by atoms with Crippen molar-refractivity contribution in [1.82, 2.24) is 40.3 Å². The lowest BCUT2D eigenvalue weighted by atomic mass is 9.83. The van der Waals surface area contributed by atoms with E-state index in [4.69, 9.17) is 22.1 Å². The number of aromatic nitrogens is 3. The number of hydrogen-bond acceptors (Lipinski definition) is 10. The zero-order valence-electron chi connectivity index (χ0n) is 41.2. The number of nitrogens with one attached hydrogen (secondary N) is 3. The summed E-state index contributed by atoms with van der Waals surface area (Å²) in [4.78, 5) is 76.0. The van der Waals surface area contributed by atoms with Gasteiger partial charge >= 0.3 is 0 Å². The molecule has 4 amide bonds.